The number of hydrogen-bond acceptors (Lipinski definition) is 3. The van der Waals surface area contributed by atoms with Crippen LogP contribution in [0, 0.1) is 6.92 Å². The third-order valence-electron chi connectivity index (χ3n) is 4.25. The molecule has 0 heterocycles. The highest BCUT2D eigenvalue weighted by Gasteiger charge is 2.48. The second-order valence-corrected chi connectivity index (χ2v) is 7.82. The number of hydrogen-bond donors (Lipinski definition) is 0. The highest BCUT2D eigenvalue weighted by Crippen LogP contribution is 2.31. The minimum Gasteiger partial charge on any atom is -0.376 e. The first-order valence-corrected chi connectivity index (χ1v) is 9.80. The Morgan fingerprint density at radius 3 is 2.14 bits per heavy atom. The fraction of sp³-hybridized carbons (Fsp3) is 0.143. The molecule has 28 heavy (non-hydrogen) atoms. The molecule has 0 bridgehead atoms. The van der Waals surface area contributed by atoms with E-state index >= 15 is 0 Å². The van der Waals surface area contributed by atoms with Crippen molar-refractivity contribution in [1.82, 2.24) is 0 Å². The molecule has 0 saturated carbocycles. The van der Waals surface area contributed by atoms with Crippen LogP contribution in [0.15, 0.2) is 60.7 Å². The van der Waals surface area contributed by atoms with Crippen LogP contribution in [0.1, 0.15) is 18.1 Å². The van der Waals surface area contributed by atoms with E-state index in [-0.39, 0.29) is 5.75 Å². The Labute approximate surface area is 161 Å². The van der Waals surface area contributed by atoms with Crippen molar-refractivity contribution in [2.24, 2.45) is 0 Å². The van der Waals surface area contributed by atoms with E-state index in [1.807, 2.05) is 50.3 Å². The molecule has 0 N–H and O–H groups in total. The van der Waals surface area contributed by atoms with Crippen molar-refractivity contribution in [3.05, 3.63) is 71.8 Å². The average Bonchev–Trinajstić information content (AvgIpc) is 2.62. The van der Waals surface area contributed by atoms with E-state index in [9.17, 15) is 21.6 Å². The Kier molecular flexibility index (Phi) is 5.21. The van der Waals surface area contributed by atoms with Crippen molar-refractivity contribution in [3.63, 3.8) is 0 Å². The minimum atomic E-state index is -5.69. The van der Waals surface area contributed by atoms with Gasteiger partial charge in [-0.3, -0.25) is 0 Å². The zero-order valence-electron chi connectivity index (χ0n) is 15.1. The lowest BCUT2D eigenvalue weighted by Crippen LogP contribution is -2.28. The van der Waals surface area contributed by atoms with Crippen LogP contribution >= 0.6 is 0 Å². The van der Waals surface area contributed by atoms with Gasteiger partial charge in [-0.05, 0) is 65.1 Å². The molecule has 3 aromatic rings. The van der Waals surface area contributed by atoms with Gasteiger partial charge in [-0.25, -0.2) is 0 Å². The van der Waals surface area contributed by atoms with Crippen LogP contribution in [0.5, 0.6) is 5.75 Å². The van der Waals surface area contributed by atoms with E-state index in [0.29, 0.717) is 5.39 Å². The monoisotopic (exact) mass is 406 g/mol. The summed E-state index contributed by atoms with van der Waals surface area (Å²) in [5, 5.41) is 1.32. The lowest BCUT2D eigenvalue weighted by atomic mass is 9.97. The van der Waals surface area contributed by atoms with Gasteiger partial charge in [0.2, 0.25) is 0 Å². The van der Waals surface area contributed by atoms with E-state index < -0.39 is 15.6 Å². The molecule has 0 aliphatic carbocycles. The fourth-order valence-electron chi connectivity index (χ4n) is 2.85. The van der Waals surface area contributed by atoms with Crippen molar-refractivity contribution >= 4 is 27.0 Å². The highest BCUT2D eigenvalue weighted by atomic mass is 32.2. The van der Waals surface area contributed by atoms with E-state index in [4.69, 9.17) is 0 Å². The summed E-state index contributed by atoms with van der Waals surface area (Å²) in [6.07, 6.45) is 3.99. The van der Waals surface area contributed by atoms with Gasteiger partial charge in [-0.15, -0.1) is 0 Å². The maximum absolute atomic E-state index is 12.5. The van der Waals surface area contributed by atoms with Gasteiger partial charge < -0.3 is 4.18 Å². The maximum atomic E-state index is 12.5. The quantitative estimate of drug-likeness (QED) is 0.390. The Balaban J connectivity index is 1.95. The number of benzene rings is 3. The second-order valence-electron chi connectivity index (χ2n) is 6.28. The number of alkyl halides is 3. The zero-order valence-corrected chi connectivity index (χ0v) is 15.9. The molecule has 0 aliphatic rings. The van der Waals surface area contributed by atoms with Gasteiger partial charge in [-0.1, -0.05) is 48.6 Å². The SMILES string of the molecule is C/C=C\c1ccc(-c2ccc3cc(OS(=O)(=O)C(F)(F)F)ccc3c2)cc1C. The number of fused-ring (bicyclic) bond motifs is 1. The average molecular weight is 406 g/mol. The highest BCUT2D eigenvalue weighted by molar-refractivity contribution is 7.88. The number of halogens is 3. The second kappa shape index (κ2) is 7.31. The van der Waals surface area contributed by atoms with Crippen LogP contribution in [0.3, 0.4) is 0 Å². The molecule has 0 saturated heterocycles. The van der Waals surface area contributed by atoms with E-state index in [1.165, 1.54) is 18.2 Å². The smallest absolute Gasteiger partial charge is 0.376 e. The molecule has 146 valence electrons. The molecule has 0 amide bonds. The molecule has 3 aromatic carbocycles. The van der Waals surface area contributed by atoms with Crippen LogP contribution in [-0.4, -0.2) is 13.9 Å². The topological polar surface area (TPSA) is 43.4 Å². The summed E-state index contributed by atoms with van der Waals surface area (Å²) in [6.45, 7) is 3.97. The van der Waals surface area contributed by atoms with Crippen LogP contribution in [-0.2, 0) is 10.1 Å². The molecule has 0 atom stereocenters. The van der Waals surface area contributed by atoms with Crippen LogP contribution in [0.25, 0.3) is 28.0 Å². The molecular weight excluding hydrogens is 389 g/mol. The molecule has 7 heteroatoms. The largest absolute Gasteiger partial charge is 0.534 e. The summed E-state index contributed by atoms with van der Waals surface area (Å²) in [5.41, 5.74) is -1.27. The van der Waals surface area contributed by atoms with E-state index in [2.05, 4.69) is 10.2 Å². The molecular formula is C21H17F3O3S. The van der Waals surface area contributed by atoms with Gasteiger partial charge in [0.25, 0.3) is 0 Å². The van der Waals surface area contributed by atoms with Crippen molar-refractivity contribution in [1.29, 1.82) is 0 Å². The van der Waals surface area contributed by atoms with Gasteiger partial charge in [0.1, 0.15) is 5.75 Å². The minimum absolute atomic E-state index is 0.385. The van der Waals surface area contributed by atoms with Crippen molar-refractivity contribution < 1.29 is 25.8 Å². The first-order chi connectivity index (χ1) is 13.1. The molecule has 0 fully saturated rings. The molecule has 3 rings (SSSR count). The van der Waals surface area contributed by atoms with Crippen LogP contribution in [0.2, 0.25) is 0 Å². The van der Waals surface area contributed by atoms with E-state index in [1.54, 1.807) is 6.07 Å². The number of aryl methyl sites for hydroxylation is 1. The predicted molar refractivity (Wildman–Crippen MR) is 104 cm³/mol. The molecule has 0 unspecified atom stereocenters. The normalized spacial score (nSPS) is 12.6. The first-order valence-electron chi connectivity index (χ1n) is 8.39. The summed E-state index contributed by atoms with van der Waals surface area (Å²) in [5.74, 6) is -0.385. The van der Waals surface area contributed by atoms with Gasteiger partial charge in [0.05, 0.1) is 0 Å². The van der Waals surface area contributed by atoms with Crippen molar-refractivity contribution in [2.75, 3.05) is 0 Å². The predicted octanol–water partition coefficient (Wildman–Crippen LogP) is 6.08. The van der Waals surface area contributed by atoms with Gasteiger partial charge in [0.15, 0.2) is 0 Å². The standard InChI is InChI=1S/C21H17F3O3S/c1-3-4-15-5-6-16(11-14(15)2)17-7-8-19-13-20(10-9-18(19)12-17)27-28(25,26)21(22,23)24/h3-13H,1-2H3/b4-3-. The summed E-state index contributed by atoms with van der Waals surface area (Å²) < 4.78 is 63.9. The van der Waals surface area contributed by atoms with Crippen LogP contribution < -0.4 is 4.18 Å². The third-order valence-corrected chi connectivity index (χ3v) is 5.23. The number of rotatable bonds is 4. The first kappa shape index (κ1) is 19.9. The third kappa shape index (κ3) is 4.04. The molecule has 0 spiro atoms. The fourth-order valence-corrected chi connectivity index (χ4v) is 3.30. The maximum Gasteiger partial charge on any atom is 0.534 e. The Morgan fingerprint density at radius 1 is 0.893 bits per heavy atom. The Hall–Kier alpha value is -2.80. The molecule has 0 radical (unpaired) electrons. The molecule has 3 nitrogen and oxygen atoms in total. The summed E-state index contributed by atoms with van der Waals surface area (Å²) in [7, 11) is -5.69. The zero-order chi connectivity index (χ0) is 20.5. The van der Waals surface area contributed by atoms with Gasteiger partial charge in [0, 0.05) is 0 Å². The van der Waals surface area contributed by atoms with E-state index in [0.717, 1.165) is 27.6 Å². The lowest BCUT2D eigenvalue weighted by molar-refractivity contribution is -0.0500. The van der Waals surface area contributed by atoms with Gasteiger partial charge >= 0.3 is 15.6 Å². The molecule has 0 aromatic heterocycles. The van der Waals surface area contributed by atoms with Crippen molar-refractivity contribution in [3.8, 4) is 16.9 Å². The molecule has 0 aliphatic heterocycles. The summed E-state index contributed by atoms with van der Waals surface area (Å²) in [4.78, 5) is 0. The van der Waals surface area contributed by atoms with Crippen molar-refractivity contribution in [2.45, 2.75) is 19.4 Å². The Bertz CT molecular complexity index is 1160. The van der Waals surface area contributed by atoms with Gasteiger partial charge in [-0.2, -0.15) is 21.6 Å². The summed E-state index contributed by atoms with van der Waals surface area (Å²) >= 11 is 0. The Morgan fingerprint density at radius 2 is 1.50 bits per heavy atom. The number of allylic oxidation sites excluding steroid dienone is 1. The lowest BCUT2D eigenvalue weighted by Gasteiger charge is -2.11. The van der Waals surface area contributed by atoms with Crippen LogP contribution in [0.4, 0.5) is 13.2 Å². The summed E-state index contributed by atoms with van der Waals surface area (Å²) in [6, 6.07) is 15.5.